The predicted molar refractivity (Wildman–Crippen MR) is 105 cm³/mol. The molecule has 2 aliphatic heterocycles. The Bertz CT molecular complexity index is 601. The van der Waals surface area contributed by atoms with Gasteiger partial charge in [0.05, 0.1) is 5.60 Å². The standard InChI is InChI=1S/C20H31BrN2O2/c1-20(2,25)12-16-17(14-23-9-5-6-10-23)19(24)15(11-18(16)21)13-22-7-3-4-8-22/h11,24-25H,3-10,12-14H2,1-2H3. The van der Waals surface area contributed by atoms with Crippen LogP contribution in [-0.4, -0.2) is 51.8 Å². The topological polar surface area (TPSA) is 46.9 Å². The van der Waals surface area contributed by atoms with E-state index in [0.717, 1.165) is 60.4 Å². The molecule has 2 fully saturated rings. The lowest BCUT2D eigenvalue weighted by Crippen LogP contribution is -2.26. The van der Waals surface area contributed by atoms with Gasteiger partial charge in [0, 0.05) is 35.1 Å². The van der Waals surface area contributed by atoms with Crippen molar-refractivity contribution in [3.05, 3.63) is 27.2 Å². The van der Waals surface area contributed by atoms with Gasteiger partial charge in [-0.1, -0.05) is 15.9 Å². The van der Waals surface area contributed by atoms with Crippen LogP contribution < -0.4 is 0 Å². The highest BCUT2D eigenvalue weighted by Crippen LogP contribution is 2.37. The molecule has 3 rings (SSSR count). The second-order valence-corrected chi connectivity index (χ2v) is 9.13. The van der Waals surface area contributed by atoms with Gasteiger partial charge in [-0.25, -0.2) is 0 Å². The van der Waals surface area contributed by atoms with E-state index in [1.165, 1.54) is 25.7 Å². The van der Waals surface area contributed by atoms with E-state index in [0.29, 0.717) is 12.2 Å². The molecular weight excluding hydrogens is 380 g/mol. The zero-order valence-electron chi connectivity index (χ0n) is 15.5. The average molecular weight is 411 g/mol. The molecule has 1 aromatic carbocycles. The fourth-order valence-electron chi connectivity index (χ4n) is 4.05. The summed E-state index contributed by atoms with van der Waals surface area (Å²) in [6.07, 6.45) is 5.50. The molecule has 25 heavy (non-hydrogen) atoms. The van der Waals surface area contributed by atoms with Gasteiger partial charge in [0.1, 0.15) is 5.75 Å². The molecule has 0 radical (unpaired) electrons. The first-order valence-electron chi connectivity index (χ1n) is 9.53. The van der Waals surface area contributed by atoms with E-state index in [1.807, 2.05) is 13.8 Å². The fourth-order valence-corrected chi connectivity index (χ4v) is 4.71. The van der Waals surface area contributed by atoms with Crippen LogP contribution in [0.1, 0.15) is 56.2 Å². The van der Waals surface area contributed by atoms with Crippen LogP contribution in [-0.2, 0) is 19.5 Å². The number of halogens is 1. The zero-order valence-corrected chi connectivity index (χ0v) is 17.1. The van der Waals surface area contributed by atoms with Crippen LogP contribution in [0, 0.1) is 0 Å². The Balaban J connectivity index is 1.93. The van der Waals surface area contributed by atoms with Crippen LogP contribution in [0.3, 0.4) is 0 Å². The van der Waals surface area contributed by atoms with Crippen molar-refractivity contribution in [2.45, 2.75) is 64.6 Å². The molecule has 4 nitrogen and oxygen atoms in total. The maximum absolute atomic E-state index is 11.1. The first-order valence-corrected chi connectivity index (χ1v) is 10.3. The van der Waals surface area contributed by atoms with Gasteiger partial charge < -0.3 is 10.2 Å². The lowest BCUT2D eigenvalue weighted by molar-refractivity contribution is 0.0803. The Labute approximate surface area is 160 Å². The van der Waals surface area contributed by atoms with Crippen molar-refractivity contribution in [2.75, 3.05) is 26.2 Å². The molecule has 2 heterocycles. The molecule has 0 amide bonds. The van der Waals surface area contributed by atoms with E-state index >= 15 is 0 Å². The van der Waals surface area contributed by atoms with Gasteiger partial charge in [-0.3, -0.25) is 9.80 Å². The Kier molecular flexibility index (Phi) is 6.09. The Morgan fingerprint density at radius 2 is 1.48 bits per heavy atom. The van der Waals surface area contributed by atoms with Gasteiger partial charge in [0.2, 0.25) is 0 Å². The molecule has 2 aliphatic rings. The Hall–Kier alpha value is -0.620. The smallest absolute Gasteiger partial charge is 0.124 e. The molecule has 0 unspecified atom stereocenters. The summed E-state index contributed by atoms with van der Waals surface area (Å²) in [6.45, 7) is 9.64. The van der Waals surface area contributed by atoms with Crippen molar-refractivity contribution >= 4 is 15.9 Å². The number of aliphatic hydroxyl groups is 1. The van der Waals surface area contributed by atoms with Crippen LogP contribution >= 0.6 is 15.9 Å². The number of likely N-dealkylation sites (tertiary alicyclic amines) is 2. The molecular formula is C20H31BrN2O2. The molecule has 1 aromatic rings. The van der Waals surface area contributed by atoms with Crippen LogP contribution in [0.2, 0.25) is 0 Å². The van der Waals surface area contributed by atoms with Gasteiger partial charge in [-0.05, 0) is 77.3 Å². The minimum absolute atomic E-state index is 0.432. The van der Waals surface area contributed by atoms with E-state index < -0.39 is 5.60 Å². The van der Waals surface area contributed by atoms with Crippen molar-refractivity contribution in [1.29, 1.82) is 0 Å². The highest BCUT2D eigenvalue weighted by molar-refractivity contribution is 9.10. The molecule has 2 N–H and O–H groups in total. The number of phenols is 1. The highest BCUT2D eigenvalue weighted by Gasteiger charge is 2.25. The number of aromatic hydroxyl groups is 1. The maximum Gasteiger partial charge on any atom is 0.124 e. The molecule has 0 atom stereocenters. The van der Waals surface area contributed by atoms with E-state index in [1.54, 1.807) is 0 Å². The summed E-state index contributed by atoms with van der Waals surface area (Å²) in [4.78, 5) is 4.83. The number of hydrogen-bond donors (Lipinski definition) is 2. The van der Waals surface area contributed by atoms with Gasteiger partial charge >= 0.3 is 0 Å². The zero-order chi connectivity index (χ0) is 18.0. The van der Waals surface area contributed by atoms with Crippen LogP contribution in [0.4, 0.5) is 0 Å². The maximum atomic E-state index is 11.1. The number of phenolic OH excluding ortho intramolecular Hbond substituents is 1. The minimum Gasteiger partial charge on any atom is -0.507 e. The molecule has 0 saturated carbocycles. The van der Waals surface area contributed by atoms with Crippen molar-refractivity contribution in [1.82, 2.24) is 9.80 Å². The van der Waals surface area contributed by atoms with Crippen molar-refractivity contribution in [3.8, 4) is 5.75 Å². The summed E-state index contributed by atoms with van der Waals surface area (Å²) in [6, 6.07) is 2.06. The van der Waals surface area contributed by atoms with E-state index in [4.69, 9.17) is 0 Å². The third-order valence-electron chi connectivity index (χ3n) is 5.33. The fraction of sp³-hybridized carbons (Fsp3) is 0.700. The van der Waals surface area contributed by atoms with Crippen LogP contribution in [0.25, 0.3) is 0 Å². The number of rotatable bonds is 6. The lowest BCUT2D eigenvalue weighted by atomic mass is 9.92. The van der Waals surface area contributed by atoms with E-state index in [9.17, 15) is 10.2 Å². The summed E-state index contributed by atoms with van der Waals surface area (Å²) < 4.78 is 1.01. The molecule has 5 heteroatoms. The average Bonchev–Trinajstić information content (AvgIpc) is 3.20. The molecule has 2 saturated heterocycles. The third-order valence-corrected chi connectivity index (χ3v) is 6.03. The molecule has 0 aliphatic carbocycles. The number of benzene rings is 1. The van der Waals surface area contributed by atoms with Gasteiger partial charge in [-0.2, -0.15) is 0 Å². The largest absolute Gasteiger partial charge is 0.507 e. The number of nitrogens with zero attached hydrogens (tertiary/aromatic N) is 2. The molecule has 0 spiro atoms. The predicted octanol–water partition coefficient (Wildman–Crippen LogP) is 3.66. The van der Waals surface area contributed by atoms with Gasteiger partial charge in [0.15, 0.2) is 0 Å². The first kappa shape index (κ1) is 19.2. The van der Waals surface area contributed by atoms with E-state index in [-0.39, 0.29) is 0 Å². The molecule has 0 bridgehead atoms. The Morgan fingerprint density at radius 1 is 0.960 bits per heavy atom. The quantitative estimate of drug-likeness (QED) is 0.750. The summed E-state index contributed by atoms with van der Waals surface area (Å²) in [5, 5.41) is 21.4. The van der Waals surface area contributed by atoms with Crippen molar-refractivity contribution in [3.63, 3.8) is 0 Å². The third kappa shape index (κ3) is 4.97. The second kappa shape index (κ2) is 7.95. The van der Waals surface area contributed by atoms with Crippen LogP contribution in [0.15, 0.2) is 10.5 Å². The SMILES string of the molecule is CC(C)(O)Cc1c(Br)cc(CN2CCCC2)c(O)c1CN1CCCC1. The molecule has 0 aromatic heterocycles. The second-order valence-electron chi connectivity index (χ2n) is 8.28. The van der Waals surface area contributed by atoms with Crippen LogP contribution in [0.5, 0.6) is 5.75 Å². The van der Waals surface area contributed by atoms with Crippen molar-refractivity contribution < 1.29 is 10.2 Å². The van der Waals surface area contributed by atoms with Crippen molar-refractivity contribution in [2.24, 2.45) is 0 Å². The Morgan fingerprint density at radius 3 is 2.00 bits per heavy atom. The number of hydrogen-bond acceptors (Lipinski definition) is 4. The first-order chi connectivity index (χ1) is 11.8. The summed E-state index contributed by atoms with van der Waals surface area (Å²) >= 11 is 3.72. The lowest BCUT2D eigenvalue weighted by Gasteiger charge is -2.26. The van der Waals surface area contributed by atoms with Gasteiger partial charge in [-0.15, -0.1) is 0 Å². The van der Waals surface area contributed by atoms with E-state index in [2.05, 4.69) is 31.8 Å². The van der Waals surface area contributed by atoms with Gasteiger partial charge in [0.25, 0.3) is 0 Å². The summed E-state index contributed by atoms with van der Waals surface area (Å²) in [5.74, 6) is 0.432. The normalized spacial score (nSPS) is 19.8. The summed E-state index contributed by atoms with van der Waals surface area (Å²) in [7, 11) is 0. The molecule has 140 valence electrons. The monoisotopic (exact) mass is 410 g/mol. The minimum atomic E-state index is -0.800. The highest BCUT2D eigenvalue weighted by atomic mass is 79.9. The summed E-state index contributed by atoms with van der Waals surface area (Å²) in [5.41, 5.74) is 2.24.